The summed E-state index contributed by atoms with van der Waals surface area (Å²) in [5.74, 6) is 0.763. The molecule has 0 aliphatic heterocycles. The number of ether oxygens (including phenoxy) is 1. The molecule has 0 radical (unpaired) electrons. The van der Waals surface area contributed by atoms with Gasteiger partial charge in [-0.1, -0.05) is 27.5 Å². The topological polar surface area (TPSA) is 39.1 Å². The van der Waals surface area contributed by atoms with E-state index < -0.39 is 0 Å². The molecule has 1 aromatic carbocycles. The predicted octanol–water partition coefficient (Wildman–Crippen LogP) is 4.00. The first kappa shape index (κ1) is 14.4. The van der Waals surface area contributed by atoms with Crippen LogP contribution in [0.2, 0.25) is 5.02 Å². The van der Waals surface area contributed by atoms with Gasteiger partial charge in [-0.05, 0) is 25.1 Å². The SMILES string of the molecule is COCCn1cc(C)nc1Nc1ccc(Br)cc1Cl. The lowest BCUT2D eigenvalue weighted by molar-refractivity contribution is 0.188. The molecule has 0 saturated heterocycles. The van der Waals surface area contributed by atoms with Crippen molar-refractivity contribution in [3.05, 3.63) is 39.6 Å². The molecule has 0 saturated carbocycles. The highest BCUT2D eigenvalue weighted by molar-refractivity contribution is 9.10. The monoisotopic (exact) mass is 343 g/mol. The number of nitrogens with one attached hydrogen (secondary N) is 1. The normalized spacial score (nSPS) is 10.7. The van der Waals surface area contributed by atoms with Crippen LogP contribution in [0.5, 0.6) is 0 Å². The summed E-state index contributed by atoms with van der Waals surface area (Å²) in [4.78, 5) is 4.45. The van der Waals surface area contributed by atoms with Crippen LogP contribution in [0.3, 0.4) is 0 Å². The lowest BCUT2D eigenvalue weighted by Crippen LogP contribution is -2.07. The third-order valence-electron chi connectivity index (χ3n) is 2.61. The van der Waals surface area contributed by atoms with E-state index in [1.165, 1.54) is 0 Å². The summed E-state index contributed by atoms with van der Waals surface area (Å²) in [6.07, 6.45) is 1.98. The molecule has 1 heterocycles. The second-order valence-corrected chi connectivity index (χ2v) is 5.46. The number of aromatic nitrogens is 2. The number of nitrogens with zero attached hydrogens (tertiary/aromatic N) is 2. The zero-order chi connectivity index (χ0) is 13.8. The minimum absolute atomic E-state index is 0.637. The Morgan fingerprint density at radius 1 is 1.47 bits per heavy atom. The molecule has 2 rings (SSSR count). The number of rotatable bonds is 5. The fourth-order valence-corrected chi connectivity index (χ4v) is 2.44. The smallest absolute Gasteiger partial charge is 0.207 e. The van der Waals surface area contributed by atoms with Gasteiger partial charge in [0.25, 0.3) is 0 Å². The van der Waals surface area contributed by atoms with Gasteiger partial charge in [0, 0.05) is 24.3 Å². The maximum absolute atomic E-state index is 6.19. The van der Waals surface area contributed by atoms with E-state index in [2.05, 4.69) is 26.2 Å². The van der Waals surface area contributed by atoms with Crippen LogP contribution in [-0.2, 0) is 11.3 Å². The third kappa shape index (κ3) is 3.72. The van der Waals surface area contributed by atoms with Gasteiger partial charge in [-0.25, -0.2) is 4.98 Å². The van der Waals surface area contributed by atoms with Gasteiger partial charge >= 0.3 is 0 Å². The van der Waals surface area contributed by atoms with E-state index in [0.29, 0.717) is 11.6 Å². The summed E-state index contributed by atoms with van der Waals surface area (Å²) < 4.78 is 8.05. The van der Waals surface area contributed by atoms with E-state index in [4.69, 9.17) is 16.3 Å². The fourth-order valence-electron chi connectivity index (χ4n) is 1.72. The first-order valence-corrected chi connectivity index (χ1v) is 7.02. The van der Waals surface area contributed by atoms with E-state index in [-0.39, 0.29) is 0 Å². The molecule has 0 amide bonds. The van der Waals surface area contributed by atoms with Crippen LogP contribution in [0, 0.1) is 6.92 Å². The summed E-state index contributed by atoms with van der Waals surface area (Å²) in [6.45, 7) is 3.34. The Bertz CT molecular complexity index is 571. The summed E-state index contributed by atoms with van der Waals surface area (Å²) in [7, 11) is 1.68. The Hall–Kier alpha value is -1.04. The number of halogens is 2. The first-order valence-electron chi connectivity index (χ1n) is 5.85. The van der Waals surface area contributed by atoms with Crippen LogP contribution in [-0.4, -0.2) is 23.3 Å². The minimum Gasteiger partial charge on any atom is -0.383 e. The number of hydrogen-bond acceptors (Lipinski definition) is 3. The maximum atomic E-state index is 6.19. The third-order valence-corrected chi connectivity index (χ3v) is 3.42. The van der Waals surface area contributed by atoms with Crippen LogP contribution in [0.25, 0.3) is 0 Å². The molecule has 0 aliphatic carbocycles. The Morgan fingerprint density at radius 3 is 2.95 bits per heavy atom. The zero-order valence-electron chi connectivity index (χ0n) is 10.8. The number of methoxy groups -OCH3 is 1. The highest BCUT2D eigenvalue weighted by Crippen LogP contribution is 2.28. The van der Waals surface area contributed by atoms with Crippen molar-refractivity contribution in [2.75, 3.05) is 19.0 Å². The van der Waals surface area contributed by atoms with Crippen LogP contribution < -0.4 is 5.32 Å². The van der Waals surface area contributed by atoms with Crippen molar-refractivity contribution in [1.82, 2.24) is 9.55 Å². The van der Waals surface area contributed by atoms with E-state index in [1.807, 2.05) is 35.9 Å². The molecule has 0 spiro atoms. The van der Waals surface area contributed by atoms with Crippen molar-refractivity contribution in [3.63, 3.8) is 0 Å². The fraction of sp³-hybridized carbons (Fsp3) is 0.308. The minimum atomic E-state index is 0.637. The Morgan fingerprint density at radius 2 is 2.26 bits per heavy atom. The summed E-state index contributed by atoms with van der Waals surface area (Å²) in [5.41, 5.74) is 1.78. The quantitative estimate of drug-likeness (QED) is 0.891. The van der Waals surface area contributed by atoms with Crippen molar-refractivity contribution < 1.29 is 4.74 Å². The molecule has 0 aliphatic rings. The maximum Gasteiger partial charge on any atom is 0.207 e. The zero-order valence-corrected chi connectivity index (χ0v) is 13.1. The first-order chi connectivity index (χ1) is 9.10. The number of benzene rings is 1. The molecule has 1 aromatic heterocycles. The Labute approximate surface area is 125 Å². The van der Waals surface area contributed by atoms with Gasteiger partial charge in [0.1, 0.15) is 0 Å². The van der Waals surface area contributed by atoms with Gasteiger partial charge in [-0.3, -0.25) is 0 Å². The van der Waals surface area contributed by atoms with Gasteiger partial charge in [-0.15, -0.1) is 0 Å². The molecule has 19 heavy (non-hydrogen) atoms. The van der Waals surface area contributed by atoms with Gasteiger partial charge in [-0.2, -0.15) is 0 Å². The lowest BCUT2D eigenvalue weighted by Gasteiger charge is -2.10. The molecule has 6 heteroatoms. The highest BCUT2D eigenvalue weighted by atomic mass is 79.9. The van der Waals surface area contributed by atoms with Gasteiger partial charge in [0.2, 0.25) is 5.95 Å². The van der Waals surface area contributed by atoms with E-state index >= 15 is 0 Å². The second-order valence-electron chi connectivity index (χ2n) is 4.14. The predicted molar refractivity (Wildman–Crippen MR) is 81.3 cm³/mol. The van der Waals surface area contributed by atoms with Gasteiger partial charge in [0.05, 0.1) is 23.0 Å². The molecule has 0 bridgehead atoms. The van der Waals surface area contributed by atoms with Crippen molar-refractivity contribution >= 4 is 39.2 Å². The Kier molecular flexibility index (Phi) is 4.85. The van der Waals surface area contributed by atoms with Crippen LogP contribution in [0.15, 0.2) is 28.9 Å². The summed E-state index contributed by atoms with van der Waals surface area (Å²) in [5, 5.41) is 3.89. The number of imidazole rings is 1. The van der Waals surface area contributed by atoms with Crippen LogP contribution in [0.1, 0.15) is 5.69 Å². The highest BCUT2D eigenvalue weighted by Gasteiger charge is 2.08. The van der Waals surface area contributed by atoms with Crippen LogP contribution >= 0.6 is 27.5 Å². The molecule has 0 atom stereocenters. The second kappa shape index (κ2) is 6.41. The number of aryl methyl sites for hydroxylation is 1. The average molecular weight is 345 g/mol. The molecule has 0 fully saturated rings. The van der Waals surface area contributed by atoms with Crippen molar-refractivity contribution in [3.8, 4) is 0 Å². The molecule has 4 nitrogen and oxygen atoms in total. The molecular weight excluding hydrogens is 330 g/mol. The number of anilines is 2. The molecule has 102 valence electrons. The van der Waals surface area contributed by atoms with E-state index in [0.717, 1.165) is 28.3 Å². The van der Waals surface area contributed by atoms with Crippen LogP contribution in [0.4, 0.5) is 11.6 Å². The van der Waals surface area contributed by atoms with Gasteiger partial charge in [0.15, 0.2) is 0 Å². The summed E-state index contributed by atoms with van der Waals surface area (Å²) in [6, 6.07) is 5.69. The number of hydrogen-bond donors (Lipinski definition) is 1. The molecule has 2 aromatic rings. The average Bonchev–Trinajstić information content (AvgIpc) is 2.70. The van der Waals surface area contributed by atoms with Crippen molar-refractivity contribution in [2.45, 2.75) is 13.5 Å². The van der Waals surface area contributed by atoms with E-state index in [1.54, 1.807) is 7.11 Å². The van der Waals surface area contributed by atoms with Crippen molar-refractivity contribution in [2.24, 2.45) is 0 Å². The Balaban J connectivity index is 2.22. The van der Waals surface area contributed by atoms with Crippen molar-refractivity contribution in [1.29, 1.82) is 0 Å². The standard InChI is InChI=1S/C13H15BrClN3O/c1-9-8-18(5-6-19-2)13(16-9)17-12-4-3-10(14)7-11(12)15/h3-4,7-8H,5-6H2,1-2H3,(H,16,17). The lowest BCUT2D eigenvalue weighted by atomic mass is 10.3. The largest absolute Gasteiger partial charge is 0.383 e. The summed E-state index contributed by atoms with van der Waals surface area (Å²) >= 11 is 9.57. The van der Waals surface area contributed by atoms with Gasteiger partial charge < -0.3 is 14.6 Å². The molecular formula is C13H15BrClN3O. The molecule has 1 N–H and O–H groups in total. The molecule has 0 unspecified atom stereocenters. The van der Waals surface area contributed by atoms with E-state index in [9.17, 15) is 0 Å².